The zero-order valence-corrected chi connectivity index (χ0v) is 10.3. The third-order valence-electron chi connectivity index (χ3n) is 3.38. The van der Waals surface area contributed by atoms with Gasteiger partial charge in [0.1, 0.15) is 0 Å². The monoisotopic (exact) mass is 242 g/mol. The van der Waals surface area contributed by atoms with E-state index in [-0.39, 0.29) is 11.7 Å². The Balaban J connectivity index is 2.28. The largest absolute Gasteiger partial charge is 0.354 e. The van der Waals surface area contributed by atoms with E-state index in [0.29, 0.717) is 23.2 Å². The van der Waals surface area contributed by atoms with Crippen LogP contribution >= 0.6 is 11.6 Å². The molecule has 1 fully saturated rings. The number of alkyl halides is 1. The normalized spacial score (nSPS) is 25.1. The number of pyridine rings is 1. The number of hydrogen-bond donors (Lipinski definition) is 0. The highest BCUT2D eigenvalue weighted by atomic mass is 35.5. The summed E-state index contributed by atoms with van der Waals surface area (Å²) in [5.41, 5.74) is 0.527. The molecule has 2 nitrogen and oxygen atoms in total. The van der Waals surface area contributed by atoms with Crippen molar-refractivity contribution in [3.63, 3.8) is 0 Å². The Morgan fingerprint density at radius 2 is 2.06 bits per heavy atom. The summed E-state index contributed by atoms with van der Waals surface area (Å²) in [6.07, 6.45) is 1.63. The van der Waals surface area contributed by atoms with Crippen molar-refractivity contribution in [1.82, 2.24) is 4.98 Å². The summed E-state index contributed by atoms with van der Waals surface area (Å²) in [5.74, 6) is 1.55. The van der Waals surface area contributed by atoms with Crippen LogP contribution in [0.1, 0.15) is 19.4 Å². The van der Waals surface area contributed by atoms with Gasteiger partial charge >= 0.3 is 0 Å². The Morgan fingerprint density at radius 1 is 1.44 bits per heavy atom. The number of nitrogens with zero attached hydrogens (tertiary/aromatic N) is 2. The van der Waals surface area contributed by atoms with Crippen molar-refractivity contribution < 1.29 is 4.39 Å². The van der Waals surface area contributed by atoms with Crippen LogP contribution in [0.2, 0.25) is 0 Å². The smallest absolute Gasteiger partial charge is 0.170 e. The minimum absolute atomic E-state index is 0.195. The standard InChI is InChI=1S/C12H16ClFN2/c1-8-6-16(7-9(8)2)12-11(14)10(5-13)3-4-15-12/h3-4,8-9H,5-7H2,1-2H3. The number of rotatable bonds is 2. The Labute approximate surface area is 100 Å². The van der Waals surface area contributed by atoms with E-state index >= 15 is 0 Å². The van der Waals surface area contributed by atoms with Gasteiger partial charge in [0.15, 0.2) is 11.6 Å². The first-order chi connectivity index (χ1) is 7.63. The fraction of sp³-hybridized carbons (Fsp3) is 0.583. The molecule has 0 saturated carbocycles. The molecule has 0 aromatic carbocycles. The number of hydrogen-bond acceptors (Lipinski definition) is 2. The van der Waals surface area contributed by atoms with Gasteiger partial charge in [-0.1, -0.05) is 13.8 Å². The van der Waals surface area contributed by atoms with Crippen LogP contribution < -0.4 is 4.90 Å². The molecule has 0 spiro atoms. The van der Waals surface area contributed by atoms with Gasteiger partial charge in [-0.05, 0) is 17.9 Å². The maximum Gasteiger partial charge on any atom is 0.170 e. The van der Waals surface area contributed by atoms with E-state index < -0.39 is 0 Å². The molecule has 0 aliphatic carbocycles. The summed E-state index contributed by atoms with van der Waals surface area (Å²) in [6, 6.07) is 1.63. The van der Waals surface area contributed by atoms with Gasteiger partial charge in [0, 0.05) is 24.8 Å². The predicted octanol–water partition coefficient (Wildman–Crippen LogP) is 3.05. The molecule has 2 heterocycles. The SMILES string of the molecule is CC1CN(c2nccc(CCl)c2F)CC1C. The quantitative estimate of drug-likeness (QED) is 0.741. The van der Waals surface area contributed by atoms with Crippen LogP contribution in [-0.2, 0) is 5.88 Å². The van der Waals surface area contributed by atoms with Gasteiger partial charge in [0.05, 0.1) is 5.88 Å². The molecule has 1 aliphatic heterocycles. The molecule has 2 rings (SSSR count). The Hall–Kier alpha value is -0.830. The van der Waals surface area contributed by atoms with Crippen LogP contribution in [0.4, 0.5) is 10.2 Å². The third-order valence-corrected chi connectivity index (χ3v) is 3.67. The highest BCUT2D eigenvalue weighted by Gasteiger charge is 2.28. The highest BCUT2D eigenvalue weighted by molar-refractivity contribution is 6.17. The average Bonchev–Trinajstić information content (AvgIpc) is 2.59. The molecule has 0 N–H and O–H groups in total. The first-order valence-corrected chi connectivity index (χ1v) is 6.11. The number of halogens is 2. The molecule has 1 aromatic heterocycles. The van der Waals surface area contributed by atoms with Gasteiger partial charge in [0.2, 0.25) is 0 Å². The van der Waals surface area contributed by atoms with Gasteiger partial charge in [-0.25, -0.2) is 9.37 Å². The fourth-order valence-corrected chi connectivity index (χ4v) is 2.30. The summed E-state index contributed by atoms with van der Waals surface area (Å²) in [4.78, 5) is 6.14. The van der Waals surface area contributed by atoms with Crippen molar-refractivity contribution in [2.75, 3.05) is 18.0 Å². The van der Waals surface area contributed by atoms with Gasteiger partial charge in [-0.2, -0.15) is 0 Å². The van der Waals surface area contributed by atoms with E-state index in [2.05, 4.69) is 18.8 Å². The molecular formula is C12H16ClFN2. The molecule has 1 aromatic rings. The average molecular weight is 243 g/mol. The van der Waals surface area contributed by atoms with E-state index in [9.17, 15) is 4.39 Å². The molecule has 0 radical (unpaired) electrons. The van der Waals surface area contributed by atoms with Crippen molar-refractivity contribution in [2.45, 2.75) is 19.7 Å². The first kappa shape index (κ1) is 11.6. The Bertz CT molecular complexity index is 373. The van der Waals surface area contributed by atoms with Crippen LogP contribution in [0.25, 0.3) is 0 Å². The third kappa shape index (κ3) is 2.01. The maximum atomic E-state index is 14.0. The zero-order valence-electron chi connectivity index (χ0n) is 9.58. The summed E-state index contributed by atoms with van der Waals surface area (Å²) in [7, 11) is 0. The molecule has 4 heteroatoms. The van der Waals surface area contributed by atoms with E-state index in [4.69, 9.17) is 11.6 Å². The molecular weight excluding hydrogens is 227 g/mol. The van der Waals surface area contributed by atoms with Crippen LogP contribution in [0.5, 0.6) is 0 Å². The van der Waals surface area contributed by atoms with Crippen LogP contribution in [-0.4, -0.2) is 18.1 Å². The molecule has 88 valence electrons. The fourth-order valence-electron chi connectivity index (χ4n) is 2.10. The Kier molecular flexibility index (Phi) is 3.33. The lowest BCUT2D eigenvalue weighted by Crippen LogP contribution is -2.22. The molecule has 1 aliphatic rings. The van der Waals surface area contributed by atoms with Gasteiger partial charge in [0.25, 0.3) is 0 Å². The second kappa shape index (κ2) is 4.58. The zero-order chi connectivity index (χ0) is 11.7. The van der Waals surface area contributed by atoms with E-state index in [1.807, 2.05) is 4.90 Å². The minimum Gasteiger partial charge on any atom is -0.354 e. The molecule has 2 unspecified atom stereocenters. The van der Waals surface area contributed by atoms with E-state index in [1.54, 1.807) is 12.3 Å². The van der Waals surface area contributed by atoms with Gasteiger partial charge in [-0.15, -0.1) is 11.6 Å². The highest BCUT2D eigenvalue weighted by Crippen LogP contribution is 2.29. The minimum atomic E-state index is -0.265. The molecule has 0 bridgehead atoms. The Morgan fingerprint density at radius 3 is 2.62 bits per heavy atom. The van der Waals surface area contributed by atoms with Crippen LogP contribution in [0.3, 0.4) is 0 Å². The van der Waals surface area contributed by atoms with Crippen molar-refractivity contribution in [3.8, 4) is 0 Å². The lowest BCUT2D eigenvalue weighted by Gasteiger charge is -2.18. The lowest BCUT2D eigenvalue weighted by molar-refractivity contribution is 0.494. The summed E-state index contributed by atoms with van der Waals surface area (Å²) >= 11 is 5.68. The van der Waals surface area contributed by atoms with Crippen LogP contribution in [0, 0.1) is 17.7 Å². The van der Waals surface area contributed by atoms with Crippen molar-refractivity contribution in [1.29, 1.82) is 0 Å². The molecule has 0 amide bonds. The topological polar surface area (TPSA) is 16.1 Å². The van der Waals surface area contributed by atoms with E-state index in [1.165, 1.54) is 0 Å². The molecule has 16 heavy (non-hydrogen) atoms. The van der Waals surface area contributed by atoms with Crippen molar-refractivity contribution >= 4 is 17.4 Å². The summed E-state index contributed by atoms with van der Waals surface area (Å²) < 4.78 is 14.0. The second-order valence-electron chi connectivity index (χ2n) is 4.60. The predicted molar refractivity (Wildman–Crippen MR) is 64.3 cm³/mol. The van der Waals surface area contributed by atoms with Crippen LogP contribution in [0.15, 0.2) is 12.3 Å². The number of aromatic nitrogens is 1. The van der Waals surface area contributed by atoms with E-state index in [0.717, 1.165) is 13.1 Å². The summed E-state index contributed by atoms with van der Waals surface area (Å²) in [5, 5.41) is 0. The van der Waals surface area contributed by atoms with Crippen molar-refractivity contribution in [3.05, 3.63) is 23.6 Å². The first-order valence-electron chi connectivity index (χ1n) is 5.57. The van der Waals surface area contributed by atoms with Gasteiger partial charge in [-0.3, -0.25) is 0 Å². The maximum absolute atomic E-state index is 14.0. The summed E-state index contributed by atoms with van der Waals surface area (Å²) in [6.45, 7) is 6.12. The molecule has 1 saturated heterocycles. The second-order valence-corrected chi connectivity index (χ2v) is 4.87. The number of anilines is 1. The molecule has 2 atom stereocenters. The van der Waals surface area contributed by atoms with Gasteiger partial charge < -0.3 is 4.90 Å². The lowest BCUT2D eigenvalue weighted by atomic mass is 10.0. The van der Waals surface area contributed by atoms with Crippen molar-refractivity contribution in [2.24, 2.45) is 11.8 Å².